The maximum absolute atomic E-state index is 12.8. The summed E-state index contributed by atoms with van der Waals surface area (Å²) >= 11 is 1.52. The lowest BCUT2D eigenvalue weighted by atomic mass is 10.1. The second-order valence-electron chi connectivity index (χ2n) is 6.09. The van der Waals surface area contributed by atoms with Gasteiger partial charge in [0.15, 0.2) is 5.16 Å². The number of likely N-dealkylation sites (tertiary alicyclic amines) is 1. The van der Waals surface area contributed by atoms with Crippen molar-refractivity contribution in [1.82, 2.24) is 19.7 Å². The number of thioether (sulfide) groups is 1. The monoisotopic (exact) mass is 344 g/mol. The van der Waals surface area contributed by atoms with Gasteiger partial charge in [0.2, 0.25) is 5.91 Å². The third-order valence-corrected chi connectivity index (χ3v) is 5.83. The predicted octanol–water partition coefficient (Wildman–Crippen LogP) is 2.14. The van der Waals surface area contributed by atoms with Crippen molar-refractivity contribution < 1.29 is 9.53 Å². The summed E-state index contributed by atoms with van der Waals surface area (Å²) in [7, 11) is 0. The molecule has 2 aliphatic heterocycles. The van der Waals surface area contributed by atoms with E-state index in [2.05, 4.69) is 10.2 Å². The fourth-order valence-corrected chi connectivity index (χ4v) is 4.42. The molecule has 2 fully saturated rings. The molecular formula is C17H20N4O2S. The molecule has 3 heterocycles. The number of para-hydroxylation sites is 1. The number of aromatic nitrogens is 3. The number of carbonyl (C=O) groups excluding carboxylic acids is 1. The van der Waals surface area contributed by atoms with Crippen molar-refractivity contribution in [2.45, 2.75) is 35.7 Å². The molecule has 24 heavy (non-hydrogen) atoms. The molecule has 4 rings (SSSR count). The van der Waals surface area contributed by atoms with Gasteiger partial charge in [-0.1, -0.05) is 30.0 Å². The van der Waals surface area contributed by atoms with Gasteiger partial charge in [-0.25, -0.2) is 0 Å². The number of hydrogen-bond acceptors (Lipinski definition) is 5. The zero-order valence-electron chi connectivity index (χ0n) is 13.4. The Morgan fingerprint density at radius 3 is 2.71 bits per heavy atom. The summed E-state index contributed by atoms with van der Waals surface area (Å²) in [6.45, 7) is 2.35. The van der Waals surface area contributed by atoms with E-state index >= 15 is 0 Å². The third-order valence-electron chi connectivity index (χ3n) is 4.62. The molecular weight excluding hydrogens is 324 g/mol. The van der Waals surface area contributed by atoms with Crippen LogP contribution < -0.4 is 0 Å². The van der Waals surface area contributed by atoms with Crippen LogP contribution in [0.3, 0.4) is 0 Å². The molecule has 0 aliphatic carbocycles. The van der Waals surface area contributed by atoms with E-state index in [4.69, 9.17) is 4.74 Å². The van der Waals surface area contributed by atoms with E-state index in [1.807, 2.05) is 39.8 Å². The highest BCUT2D eigenvalue weighted by Gasteiger charge is 2.37. The van der Waals surface area contributed by atoms with Crippen LogP contribution in [0.15, 0.2) is 41.8 Å². The first-order valence-corrected chi connectivity index (χ1v) is 9.21. The SMILES string of the molecule is O=C1[C@H](Sc2nncn2-c2ccccc2)CCN1C1CCOCC1. The van der Waals surface area contributed by atoms with Gasteiger partial charge in [-0.15, -0.1) is 10.2 Å². The second kappa shape index (κ2) is 6.94. The average Bonchev–Trinajstić information content (AvgIpc) is 3.24. The number of hydrogen-bond donors (Lipinski definition) is 0. The zero-order chi connectivity index (χ0) is 16.4. The van der Waals surface area contributed by atoms with Crippen LogP contribution >= 0.6 is 11.8 Å². The van der Waals surface area contributed by atoms with E-state index in [-0.39, 0.29) is 11.2 Å². The molecule has 2 aliphatic rings. The maximum Gasteiger partial charge on any atom is 0.236 e. The van der Waals surface area contributed by atoms with Gasteiger partial charge in [0.1, 0.15) is 6.33 Å². The minimum absolute atomic E-state index is 0.0699. The van der Waals surface area contributed by atoms with E-state index in [1.165, 1.54) is 11.8 Å². The lowest BCUT2D eigenvalue weighted by Crippen LogP contribution is -2.41. The van der Waals surface area contributed by atoms with E-state index in [0.717, 1.165) is 49.9 Å². The highest BCUT2D eigenvalue weighted by molar-refractivity contribution is 8.00. The molecule has 1 amide bonds. The Morgan fingerprint density at radius 1 is 1.12 bits per heavy atom. The number of ether oxygens (including phenoxy) is 1. The van der Waals surface area contributed by atoms with Crippen molar-refractivity contribution in [2.24, 2.45) is 0 Å². The topological polar surface area (TPSA) is 60.2 Å². The Hall–Kier alpha value is -1.86. The van der Waals surface area contributed by atoms with Gasteiger partial charge in [-0.05, 0) is 31.4 Å². The Kier molecular flexibility index (Phi) is 4.53. The molecule has 0 bridgehead atoms. The molecule has 0 saturated carbocycles. The normalized spacial score (nSPS) is 22.2. The summed E-state index contributed by atoms with van der Waals surface area (Å²) in [5.41, 5.74) is 1.01. The van der Waals surface area contributed by atoms with Crippen molar-refractivity contribution >= 4 is 17.7 Å². The molecule has 0 unspecified atom stereocenters. The van der Waals surface area contributed by atoms with E-state index in [1.54, 1.807) is 6.33 Å². The highest BCUT2D eigenvalue weighted by atomic mass is 32.2. The largest absolute Gasteiger partial charge is 0.381 e. The summed E-state index contributed by atoms with van der Waals surface area (Å²) in [5.74, 6) is 0.231. The minimum Gasteiger partial charge on any atom is -0.381 e. The van der Waals surface area contributed by atoms with Gasteiger partial charge in [0, 0.05) is 31.5 Å². The Labute approximate surface area is 145 Å². The number of carbonyl (C=O) groups is 1. The fourth-order valence-electron chi connectivity index (χ4n) is 3.34. The van der Waals surface area contributed by atoms with Gasteiger partial charge in [-0.2, -0.15) is 0 Å². The number of rotatable bonds is 4. The van der Waals surface area contributed by atoms with Gasteiger partial charge >= 0.3 is 0 Å². The molecule has 0 N–H and O–H groups in total. The molecule has 6 nitrogen and oxygen atoms in total. The molecule has 7 heteroatoms. The summed E-state index contributed by atoms with van der Waals surface area (Å²) < 4.78 is 7.35. The Morgan fingerprint density at radius 2 is 1.92 bits per heavy atom. The van der Waals surface area contributed by atoms with Crippen molar-refractivity contribution in [3.63, 3.8) is 0 Å². The van der Waals surface area contributed by atoms with E-state index in [0.29, 0.717) is 6.04 Å². The van der Waals surface area contributed by atoms with Crippen LogP contribution in [0.4, 0.5) is 0 Å². The maximum atomic E-state index is 12.8. The van der Waals surface area contributed by atoms with Crippen LogP contribution in [-0.4, -0.2) is 56.6 Å². The number of benzene rings is 1. The fraction of sp³-hybridized carbons (Fsp3) is 0.471. The van der Waals surface area contributed by atoms with Crippen molar-refractivity contribution in [1.29, 1.82) is 0 Å². The summed E-state index contributed by atoms with van der Waals surface area (Å²) in [5, 5.41) is 8.94. The zero-order valence-corrected chi connectivity index (χ0v) is 14.2. The highest BCUT2D eigenvalue weighted by Crippen LogP contribution is 2.32. The van der Waals surface area contributed by atoms with E-state index in [9.17, 15) is 4.79 Å². The van der Waals surface area contributed by atoms with Crippen LogP contribution in [0, 0.1) is 0 Å². The van der Waals surface area contributed by atoms with Gasteiger partial charge < -0.3 is 9.64 Å². The quantitative estimate of drug-likeness (QED) is 0.850. The van der Waals surface area contributed by atoms with E-state index < -0.39 is 0 Å². The predicted molar refractivity (Wildman–Crippen MR) is 91.2 cm³/mol. The smallest absolute Gasteiger partial charge is 0.236 e. The molecule has 126 valence electrons. The summed E-state index contributed by atoms with van der Waals surface area (Å²) in [6.07, 6.45) is 4.46. The Bertz CT molecular complexity index is 700. The van der Waals surface area contributed by atoms with Crippen LogP contribution in [0.1, 0.15) is 19.3 Å². The Balaban J connectivity index is 1.47. The number of amides is 1. The second-order valence-corrected chi connectivity index (χ2v) is 7.26. The molecule has 1 aromatic carbocycles. The molecule has 0 spiro atoms. The lowest BCUT2D eigenvalue weighted by molar-refractivity contribution is -0.130. The van der Waals surface area contributed by atoms with Crippen LogP contribution in [-0.2, 0) is 9.53 Å². The number of nitrogens with zero attached hydrogens (tertiary/aromatic N) is 4. The molecule has 2 saturated heterocycles. The summed E-state index contributed by atoms with van der Waals surface area (Å²) in [4.78, 5) is 14.8. The minimum atomic E-state index is -0.0699. The van der Waals surface area contributed by atoms with Gasteiger partial charge in [0.05, 0.1) is 5.25 Å². The first kappa shape index (κ1) is 15.7. The molecule has 0 radical (unpaired) electrons. The van der Waals surface area contributed by atoms with Gasteiger partial charge in [-0.3, -0.25) is 9.36 Å². The van der Waals surface area contributed by atoms with Crippen molar-refractivity contribution in [2.75, 3.05) is 19.8 Å². The standard InChI is InChI=1S/C17H20N4O2S/c22-16-15(6-9-20(16)14-7-10-23-11-8-14)24-17-19-18-12-21(17)13-4-2-1-3-5-13/h1-5,12,14-15H,6-11H2/t15-/m1/s1. The first-order valence-electron chi connectivity index (χ1n) is 8.33. The third kappa shape index (κ3) is 3.06. The molecule has 1 aromatic heterocycles. The van der Waals surface area contributed by atoms with Crippen molar-refractivity contribution in [3.8, 4) is 5.69 Å². The molecule has 1 atom stereocenters. The molecule has 2 aromatic rings. The average molecular weight is 344 g/mol. The van der Waals surface area contributed by atoms with Crippen LogP contribution in [0.2, 0.25) is 0 Å². The lowest BCUT2D eigenvalue weighted by Gasteiger charge is -2.31. The van der Waals surface area contributed by atoms with Crippen LogP contribution in [0.25, 0.3) is 5.69 Å². The summed E-state index contributed by atoms with van der Waals surface area (Å²) in [6, 6.07) is 10.3. The van der Waals surface area contributed by atoms with Crippen LogP contribution in [0.5, 0.6) is 0 Å². The van der Waals surface area contributed by atoms with Crippen molar-refractivity contribution in [3.05, 3.63) is 36.7 Å². The van der Waals surface area contributed by atoms with Gasteiger partial charge in [0.25, 0.3) is 0 Å². The first-order chi connectivity index (χ1) is 11.8.